The molecule has 0 fully saturated rings. The summed E-state index contributed by atoms with van der Waals surface area (Å²) in [6.45, 7) is 11.2. The van der Waals surface area contributed by atoms with Gasteiger partial charge in [-0.3, -0.25) is 19.8 Å². The Kier molecular flexibility index (Phi) is 9.83. The first-order valence-corrected chi connectivity index (χ1v) is 10.6. The van der Waals surface area contributed by atoms with Gasteiger partial charge in [0.25, 0.3) is 0 Å². The summed E-state index contributed by atoms with van der Waals surface area (Å²) < 4.78 is 16.1. The molecule has 0 radical (unpaired) electrons. The van der Waals surface area contributed by atoms with Gasteiger partial charge >= 0.3 is 23.9 Å². The smallest absolute Gasteiger partial charge is 0.331 e. The predicted molar refractivity (Wildman–Crippen MR) is 122 cm³/mol. The van der Waals surface area contributed by atoms with Crippen molar-refractivity contribution in [3.05, 3.63) is 11.1 Å². The van der Waals surface area contributed by atoms with Crippen LogP contribution in [-0.4, -0.2) is 47.9 Å². The number of benzene rings is 1. The number of amides is 2. The van der Waals surface area contributed by atoms with Gasteiger partial charge in [0.1, 0.15) is 0 Å². The molecule has 0 aliphatic heterocycles. The third-order valence-corrected chi connectivity index (χ3v) is 4.67. The highest BCUT2D eigenvalue weighted by Crippen LogP contribution is 2.50. The van der Waals surface area contributed by atoms with Gasteiger partial charge in [0.2, 0.25) is 11.7 Å². The van der Waals surface area contributed by atoms with Crippen LogP contribution >= 0.6 is 0 Å². The summed E-state index contributed by atoms with van der Waals surface area (Å²) in [5.41, 5.74) is 6.54. The molecule has 2 amide bonds. The lowest BCUT2D eigenvalue weighted by Gasteiger charge is -2.32. The molecule has 0 spiro atoms. The molecule has 0 heterocycles. The number of hydrogen-bond donors (Lipinski definition) is 2. The molecule has 0 aliphatic carbocycles. The zero-order chi connectivity index (χ0) is 25.5. The quantitative estimate of drug-likeness (QED) is 0.258. The van der Waals surface area contributed by atoms with Crippen LogP contribution in [-0.2, 0) is 27.2 Å². The number of nitrogens with two attached hydrogens (primary N) is 1. The minimum absolute atomic E-state index is 0.132. The Hall–Kier alpha value is -3.63. The Morgan fingerprint density at radius 1 is 0.758 bits per heavy atom. The molecule has 0 bridgehead atoms. The van der Waals surface area contributed by atoms with Crippen LogP contribution in [0.3, 0.4) is 0 Å². The van der Waals surface area contributed by atoms with Gasteiger partial charge in [-0.05, 0) is 26.7 Å². The van der Waals surface area contributed by atoms with Crippen molar-refractivity contribution < 1.29 is 33.4 Å². The monoisotopic (exact) mass is 464 g/mol. The second kappa shape index (κ2) is 11.8. The highest BCUT2D eigenvalue weighted by atomic mass is 16.6. The average Bonchev–Trinajstić information content (AvgIpc) is 2.70. The number of hydrogen-bond acceptors (Lipinski definition) is 8. The molecule has 0 unspecified atom stereocenters. The van der Waals surface area contributed by atoms with E-state index < -0.39 is 29.9 Å². The molecule has 0 atom stereocenters. The first-order chi connectivity index (χ1) is 15.4. The van der Waals surface area contributed by atoms with Gasteiger partial charge < -0.3 is 24.8 Å². The van der Waals surface area contributed by atoms with E-state index in [2.05, 4.69) is 0 Å². The number of carbonyl (C=O) groups excluding carboxylic acids is 4. The number of carbonyl (C=O) groups is 4. The van der Waals surface area contributed by atoms with Crippen LogP contribution in [0.2, 0.25) is 0 Å². The lowest BCUT2D eigenvalue weighted by molar-refractivity contribution is -0.135. The molecule has 182 valence electrons. The molecular weight excluding hydrogens is 432 g/mol. The lowest BCUT2D eigenvalue weighted by Crippen LogP contribution is -2.50. The Morgan fingerprint density at radius 3 is 1.39 bits per heavy atom. The van der Waals surface area contributed by atoms with Crippen LogP contribution in [0.1, 0.15) is 59.6 Å². The molecule has 1 aromatic carbocycles. The summed E-state index contributed by atoms with van der Waals surface area (Å²) in [4.78, 5) is 51.5. The van der Waals surface area contributed by atoms with E-state index in [1.54, 1.807) is 27.7 Å². The van der Waals surface area contributed by atoms with Crippen molar-refractivity contribution in [3.8, 4) is 17.2 Å². The lowest BCUT2D eigenvalue weighted by atomic mass is 9.98. The number of nitrogens with one attached hydrogen (secondary N) is 1. The zero-order valence-electron chi connectivity index (χ0n) is 20.2. The van der Waals surface area contributed by atoms with E-state index in [1.165, 1.54) is 4.90 Å². The van der Waals surface area contributed by atoms with Gasteiger partial charge in [0.15, 0.2) is 11.5 Å². The first kappa shape index (κ1) is 27.4. The fourth-order valence-corrected chi connectivity index (χ4v) is 3.39. The Labute approximate surface area is 193 Å². The maximum atomic E-state index is 13.3. The molecule has 0 saturated heterocycles. The van der Waals surface area contributed by atoms with E-state index in [0.29, 0.717) is 13.1 Å². The standard InChI is InChI=1S/C22H32N4O7/c1-8-15-17(26(21(23)24)22(30)25(10-3)11-4)16(9-2)19(32-13(6)28)20(33-14(7)29)18(15)31-12(5)27/h8-11H2,1-7H3,(H3,23,24). The maximum absolute atomic E-state index is 13.3. The van der Waals surface area contributed by atoms with E-state index in [9.17, 15) is 19.2 Å². The number of ether oxygens (including phenoxy) is 3. The van der Waals surface area contributed by atoms with Gasteiger partial charge in [-0.25, -0.2) is 9.69 Å². The Balaban J connectivity index is 4.25. The minimum atomic E-state index is -0.740. The van der Waals surface area contributed by atoms with Crippen molar-refractivity contribution in [2.24, 2.45) is 5.73 Å². The van der Waals surface area contributed by atoms with Crippen LogP contribution < -0.4 is 24.8 Å². The normalized spacial score (nSPS) is 10.3. The van der Waals surface area contributed by atoms with Gasteiger partial charge in [-0.2, -0.15) is 0 Å². The molecule has 33 heavy (non-hydrogen) atoms. The van der Waals surface area contributed by atoms with Gasteiger partial charge in [0.05, 0.1) is 5.69 Å². The zero-order valence-corrected chi connectivity index (χ0v) is 20.2. The van der Waals surface area contributed by atoms with Gasteiger partial charge in [-0.1, -0.05) is 13.8 Å². The third kappa shape index (κ3) is 6.21. The van der Waals surface area contributed by atoms with E-state index >= 15 is 0 Å². The number of esters is 3. The van der Waals surface area contributed by atoms with E-state index in [4.69, 9.17) is 25.4 Å². The predicted octanol–water partition coefficient (Wildman–Crippen LogP) is 2.75. The first-order valence-electron chi connectivity index (χ1n) is 10.6. The number of guanidine groups is 1. The van der Waals surface area contributed by atoms with E-state index in [0.717, 1.165) is 25.7 Å². The van der Waals surface area contributed by atoms with E-state index in [-0.39, 0.29) is 46.9 Å². The average molecular weight is 465 g/mol. The molecule has 1 rings (SSSR count). The summed E-state index contributed by atoms with van der Waals surface area (Å²) in [5.74, 6) is -3.43. The number of urea groups is 1. The summed E-state index contributed by atoms with van der Waals surface area (Å²) in [6, 6.07) is -0.584. The van der Waals surface area contributed by atoms with Crippen LogP contribution in [0.15, 0.2) is 0 Å². The van der Waals surface area contributed by atoms with Crippen LogP contribution in [0.5, 0.6) is 17.2 Å². The fourth-order valence-electron chi connectivity index (χ4n) is 3.39. The van der Waals surface area contributed by atoms with E-state index in [1.807, 2.05) is 0 Å². The number of rotatable bonds is 8. The van der Waals surface area contributed by atoms with Crippen molar-refractivity contribution in [2.45, 2.75) is 61.3 Å². The van der Waals surface area contributed by atoms with Crippen molar-refractivity contribution in [1.82, 2.24) is 4.90 Å². The number of nitrogens with zero attached hydrogens (tertiary/aromatic N) is 2. The van der Waals surface area contributed by atoms with Crippen molar-refractivity contribution >= 4 is 35.6 Å². The molecule has 11 heteroatoms. The van der Waals surface area contributed by atoms with Crippen LogP contribution in [0, 0.1) is 5.41 Å². The largest absolute Gasteiger partial charge is 0.422 e. The SMILES string of the molecule is CCc1c(OC(C)=O)c(OC(C)=O)c(OC(C)=O)c(CC)c1N(C(=N)N)C(=O)N(CC)CC. The van der Waals surface area contributed by atoms with Crippen LogP contribution in [0.25, 0.3) is 0 Å². The molecule has 1 aromatic rings. The molecule has 0 aliphatic rings. The Morgan fingerprint density at radius 2 is 1.12 bits per heavy atom. The topological polar surface area (TPSA) is 152 Å². The summed E-state index contributed by atoms with van der Waals surface area (Å²) in [7, 11) is 0. The highest BCUT2D eigenvalue weighted by Gasteiger charge is 2.35. The van der Waals surface area contributed by atoms with Crippen molar-refractivity contribution in [1.29, 1.82) is 5.41 Å². The highest BCUT2D eigenvalue weighted by molar-refractivity contribution is 6.15. The molecule has 3 N–H and O–H groups in total. The summed E-state index contributed by atoms with van der Waals surface area (Å²) in [5, 5.41) is 8.15. The van der Waals surface area contributed by atoms with Gasteiger partial charge in [0, 0.05) is 45.0 Å². The Bertz CT molecular complexity index is 910. The minimum Gasteiger partial charge on any atom is -0.422 e. The maximum Gasteiger partial charge on any atom is 0.331 e. The molecular formula is C22H32N4O7. The second-order valence-corrected chi connectivity index (χ2v) is 6.96. The molecule has 0 saturated carbocycles. The molecule has 11 nitrogen and oxygen atoms in total. The van der Waals surface area contributed by atoms with Crippen molar-refractivity contribution in [3.63, 3.8) is 0 Å². The third-order valence-electron chi connectivity index (χ3n) is 4.67. The second-order valence-electron chi connectivity index (χ2n) is 6.96. The number of anilines is 1. The van der Waals surface area contributed by atoms with Gasteiger partial charge in [-0.15, -0.1) is 0 Å². The molecule has 0 aromatic heterocycles. The fraction of sp³-hybridized carbons (Fsp3) is 0.500. The van der Waals surface area contributed by atoms with Crippen LogP contribution in [0.4, 0.5) is 10.5 Å². The summed E-state index contributed by atoms with van der Waals surface area (Å²) in [6.07, 6.45) is 0.406. The van der Waals surface area contributed by atoms with Crippen molar-refractivity contribution in [2.75, 3.05) is 18.0 Å². The summed E-state index contributed by atoms with van der Waals surface area (Å²) >= 11 is 0.